The molecule has 164 valence electrons. The number of thioether (sulfide) groups is 1. The lowest BCUT2D eigenvalue weighted by molar-refractivity contribution is -0.134. The van der Waals surface area contributed by atoms with E-state index in [0.717, 1.165) is 11.1 Å². The molecule has 0 spiro atoms. The van der Waals surface area contributed by atoms with Gasteiger partial charge in [0.2, 0.25) is 15.9 Å². The molecule has 0 aliphatic carbocycles. The first-order chi connectivity index (χ1) is 14.9. The lowest BCUT2D eigenvalue weighted by Gasteiger charge is -2.30. The summed E-state index contributed by atoms with van der Waals surface area (Å²) in [4.78, 5) is 19.9. The minimum absolute atomic E-state index is 0.0134. The van der Waals surface area contributed by atoms with Gasteiger partial charge in [0.25, 0.3) is 0 Å². The van der Waals surface area contributed by atoms with E-state index in [-0.39, 0.29) is 10.8 Å². The number of aromatic nitrogens is 2. The number of sulfonamides is 1. The van der Waals surface area contributed by atoms with Gasteiger partial charge in [-0.15, -0.1) is 0 Å². The predicted molar refractivity (Wildman–Crippen MR) is 119 cm³/mol. The van der Waals surface area contributed by atoms with E-state index < -0.39 is 15.3 Å². The molecule has 1 fully saturated rings. The molecule has 31 heavy (non-hydrogen) atoms. The molecule has 2 heterocycles. The van der Waals surface area contributed by atoms with E-state index in [2.05, 4.69) is 4.98 Å². The summed E-state index contributed by atoms with van der Waals surface area (Å²) < 4.78 is 30.9. The molecule has 4 rings (SSSR count). The zero-order valence-electron chi connectivity index (χ0n) is 17.1. The van der Waals surface area contributed by atoms with Crippen molar-refractivity contribution in [3.63, 3.8) is 0 Å². The summed E-state index contributed by atoms with van der Waals surface area (Å²) in [5.41, 5.74) is 2.22. The van der Waals surface area contributed by atoms with Gasteiger partial charge in [-0.05, 0) is 30.7 Å². The van der Waals surface area contributed by atoms with Crippen LogP contribution in [0.4, 0.5) is 0 Å². The fourth-order valence-electron chi connectivity index (χ4n) is 3.60. The highest BCUT2D eigenvalue weighted by Gasteiger charge is 2.30. The second-order valence-electron chi connectivity index (χ2n) is 7.18. The summed E-state index contributed by atoms with van der Waals surface area (Å²) in [7, 11) is -3.83. The van der Waals surface area contributed by atoms with Crippen LogP contribution in [0.2, 0.25) is 0 Å². The smallest absolute Gasteiger partial charge is 0.240 e. The Morgan fingerprint density at radius 1 is 1.19 bits per heavy atom. The minimum Gasteiger partial charge on any atom is -0.378 e. The van der Waals surface area contributed by atoms with Crippen molar-refractivity contribution < 1.29 is 17.9 Å². The minimum atomic E-state index is -3.83. The molecule has 2 aromatic carbocycles. The Kier molecular flexibility index (Phi) is 6.33. The first kappa shape index (κ1) is 21.8. The van der Waals surface area contributed by atoms with Gasteiger partial charge in [0.1, 0.15) is 5.25 Å². The van der Waals surface area contributed by atoms with Gasteiger partial charge >= 0.3 is 0 Å². The second kappa shape index (κ2) is 8.99. The van der Waals surface area contributed by atoms with Gasteiger partial charge in [-0.2, -0.15) is 0 Å². The highest BCUT2D eigenvalue weighted by atomic mass is 32.2. The van der Waals surface area contributed by atoms with Crippen LogP contribution in [0.3, 0.4) is 0 Å². The number of benzene rings is 2. The summed E-state index contributed by atoms with van der Waals surface area (Å²) in [5, 5.41) is 5.46. The number of imidazole rings is 1. The van der Waals surface area contributed by atoms with Crippen molar-refractivity contribution in [3.8, 4) is 0 Å². The molecule has 3 aromatic rings. The number of hydrogen-bond acceptors (Lipinski definition) is 6. The SMILES string of the molecule is CCn1c(S[C@H](C(=O)N2CCOCC2)c2ccccc2)nc2cc(S(N)(=O)=O)ccc21. The summed E-state index contributed by atoms with van der Waals surface area (Å²) in [6, 6.07) is 14.3. The van der Waals surface area contributed by atoms with Gasteiger partial charge in [0.05, 0.1) is 29.1 Å². The number of rotatable bonds is 6. The molecule has 1 aliphatic rings. The van der Waals surface area contributed by atoms with Gasteiger partial charge in [-0.1, -0.05) is 42.1 Å². The number of nitrogens with zero attached hydrogens (tertiary/aromatic N) is 3. The molecule has 0 saturated carbocycles. The Morgan fingerprint density at radius 3 is 2.55 bits per heavy atom. The maximum absolute atomic E-state index is 13.4. The van der Waals surface area contributed by atoms with E-state index in [4.69, 9.17) is 9.88 Å². The van der Waals surface area contributed by atoms with Crippen LogP contribution >= 0.6 is 11.8 Å². The Labute approximate surface area is 185 Å². The fourth-order valence-corrected chi connectivity index (χ4v) is 5.40. The van der Waals surface area contributed by atoms with Crippen LogP contribution < -0.4 is 5.14 Å². The Hall–Kier alpha value is -2.40. The van der Waals surface area contributed by atoms with Gasteiger partial charge in [-0.25, -0.2) is 18.5 Å². The fraction of sp³-hybridized carbons (Fsp3) is 0.333. The summed E-state index contributed by atoms with van der Waals surface area (Å²) in [6.45, 7) is 4.79. The van der Waals surface area contributed by atoms with Crippen LogP contribution in [-0.2, 0) is 26.1 Å². The van der Waals surface area contributed by atoms with Crippen molar-refractivity contribution in [2.75, 3.05) is 26.3 Å². The lowest BCUT2D eigenvalue weighted by Crippen LogP contribution is -2.42. The highest BCUT2D eigenvalue weighted by molar-refractivity contribution is 8.00. The number of carbonyl (C=O) groups is 1. The molecule has 8 nitrogen and oxygen atoms in total. The van der Waals surface area contributed by atoms with Crippen molar-refractivity contribution in [2.45, 2.75) is 28.8 Å². The second-order valence-corrected chi connectivity index (χ2v) is 9.81. The quantitative estimate of drug-likeness (QED) is 0.566. The molecule has 1 atom stereocenters. The summed E-state index contributed by atoms with van der Waals surface area (Å²) in [6.07, 6.45) is 0. The van der Waals surface area contributed by atoms with E-state index in [1.165, 1.54) is 23.9 Å². The van der Waals surface area contributed by atoms with E-state index in [9.17, 15) is 13.2 Å². The Morgan fingerprint density at radius 2 is 1.90 bits per heavy atom. The third kappa shape index (κ3) is 4.62. The standard InChI is InChI=1S/C21H24N4O4S2/c1-2-25-18-9-8-16(31(22,27)28)14-17(18)23-21(25)30-19(15-6-4-3-5-7-15)20(26)24-10-12-29-13-11-24/h3-9,14,19H,2,10-13H2,1H3,(H2,22,27,28)/t19-/m0/s1. The van der Waals surface area contributed by atoms with Crippen LogP contribution in [0.1, 0.15) is 17.7 Å². The number of morpholine rings is 1. The molecule has 0 unspecified atom stereocenters. The van der Waals surface area contributed by atoms with Gasteiger partial charge in [-0.3, -0.25) is 4.79 Å². The average Bonchev–Trinajstić information content (AvgIpc) is 3.14. The largest absolute Gasteiger partial charge is 0.378 e. The summed E-state index contributed by atoms with van der Waals surface area (Å²) in [5.74, 6) is 0.0134. The molecule has 1 saturated heterocycles. The lowest BCUT2D eigenvalue weighted by atomic mass is 10.1. The molecular formula is C21H24N4O4S2. The predicted octanol–water partition coefficient (Wildman–Crippen LogP) is 2.40. The number of fused-ring (bicyclic) bond motifs is 1. The van der Waals surface area contributed by atoms with Crippen molar-refractivity contribution in [1.82, 2.24) is 14.5 Å². The average molecular weight is 461 g/mol. The summed E-state index contributed by atoms with van der Waals surface area (Å²) >= 11 is 1.37. The number of carbonyl (C=O) groups excluding carboxylic acids is 1. The van der Waals surface area contributed by atoms with Crippen molar-refractivity contribution in [2.24, 2.45) is 5.14 Å². The van der Waals surface area contributed by atoms with Crippen LogP contribution in [-0.4, -0.2) is 55.1 Å². The molecule has 1 amide bonds. The van der Waals surface area contributed by atoms with Crippen LogP contribution in [0.5, 0.6) is 0 Å². The first-order valence-corrected chi connectivity index (χ1v) is 12.4. The topological polar surface area (TPSA) is 108 Å². The number of hydrogen-bond donors (Lipinski definition) is 1. The number of amides is 1. The third-order valence-corrected chi connectivity index (χ3v) is 7.35. The normalized spacial score (nSPS) is 15.9. The van der Waals surface area contributed by atoms with Crippen LogP contribution in [0, 0.1) is 0 Å². The Balaban J connectivity index is 1.74. The number of nitrogens with two attached hydrogens (primary N) is 1. The first-order valence-electron chi connectivity index (χ1n) is 9.99. The molecule has 10 heteroatoms. The molecule has 2 N–H and O–H groups in total. The maximum Gasteiger partial charge on any atom is 0.240 e. The zero-order valence-corrected chi connectivity index (χ0v) is 18.7. The van der Waals surface area contributed by atoms with Crippen LogP contribution in [0.25, 0.3) is 11.0 Å². The molecule has 1 aliphatic heterocycles. The van der Waals surface area contributed by atoms with E-state index in [0.29, 0.717) is 43.5 Å². The maximum atomic E-state index is 13.4. The van der Waals surface area contributed by atoms with Gasteiger partial charge in [0, 0.05) is 19.6 Å². The number of ether oxygens (including phenoxy) is 1. The Bertz CT molecular complexity index is 1190. The van der Waals surface area contributed by atoms with Crippen molar-refractivity contribution in [1.29, 1.82) is 0 Å². The van der Waals surface area contributed by atoms with Crippen molar-refractivity contribution in [3.05, 3.63) is 54.1 Å². The van der Waals surface area contributed by atoms with Gasteiger partial charge in [0.15, 0.2) is 5.16 Å². The molecule has 1 aromatic heterocycles. The van der Waals surface area contributed by atoms with E-state index in [1.807, 2.05) is 46.7 Å². The highest BCUT2D eigenvalue weighted by Crippen LogP contribution is 2.38. The van der Waals surface area contributed by atoms with E-state index >= 15 is 0 Å². The van der Waals surface area contributed by atoms with Crippen molar-refractivity contribution >= 4 is 38.7 Å². The number of primary sulfonamides is 1. The molecular weight excluding hydrogens is 436 g/mol. The zero-order chi connectivity index (χ0) is 22.0. The molecule has 0 radical (unpaired) electrons. The van der Waals surface area contributed by atoms with Crippen LogP contribution in [0.15, 0.2) is 58.6 Å². The number of aryl methyl sites for hydroxylation is 1. The van der Waals surface area contributed by atoms with Gasteiger partial charge < -0.3 is 14.2 Å². The van der Waals surface area contributed by atoms with E-state index in [1.54, 1.807) is 6.07 Å². The third-order valence-electron chi connectivity index (χ3n) is 5.20. The molecule has 0 bridgehead atoms. The monoisotopic (exact) mass is 460 g/mol.